The first-order valence-corrected chi connectivity index (χ1v) is 4.68. The standard InChI is InChI=1S/C9H14N2O5/c1-4(13)9-10-2-5(11-9)7(15)8(16)6(14)3-12/h2,6-8,12,14-16H,3H2,1H3,(H,10,11)/t6-,7-,8-/m1/s1. The van der Waals surface area contributed by atoms with E-state index >= 15 is 0 Å². The van der Waals surface area contributed by atoms with E-state index in [1.807, 2.05) is 0 Å². The van der Waals surface area contributed by atoms with Gasteiger partial charge < -0.3 is 25.4 Å². The number of rotatable bonds is 5. The lowest BCUT2D eigenvalue weighted by atomic mass is 10.1. The van der Waals surface area contributed by atoms with E-state index in [1.165, 1.54) is 13.1 Å². The summed E-state index contributed by atoms with van der Waals surface area (Å²) in [5, 5.41) is 36.7. The van der Waals surface area contributed by atoms with Crippen LogP contribution in [0.15, 0.2) is 6.20 Å². The molecule has 0 radical (unpaired) electrons. The number of nitrogens with zero attached hydrogens (tertiary/aromatic N) is 1. The number of aromatic nitrogens is 2. The second-order valence-electron chi connectivity index (χ2n) is 3.43. The summed E-state index contributed by atoms with van der Waals surface area (Å²) in [5.41, 5.74) is 0.102. The number of carbonyl (C=O) groups excluding carboxylic acids is 1. The molecule has 5 N–H and O–H groups in total. The van der Waals surface area contributed by atoms with E-state index in [9.17, 15) is 15.0 Å². The van der Waals surface area contributed by atoms with Crippen molar-refractivity contribution < 1.29 is 25.2 Å². The summed E-state index contributed by atoms with van der Waals surface area (Å²) in [4.78, 5) is 17.1. The summed E-state index contributed by atoms with van der Waals surface area (Å²) in [6, 6.07) is 0. The Morgan fingerprint density at radius 2 is 2.12 bits per heavy atom. The second-order valence-corrected chi connectivity index (χ2v) is 3.43. The van der Waals surface area contributed by atoms with Crippen LogP contribution < -0.4 is 0 Å². The highest BCUT2D eigenvalue weighted by atomic mass is 16.4. The highest BCUT2D eigenvalue weighted by molar-refractivity contribution is 5.90. The number of aliphatic hydroxyl groups is 4. The molecule has 0 aromatic carbocycles. The number of ketones is 1. The molecule has 7 nitrogen and oxygen atoms in total. The largest absolute Gasteiger partial charge is 0.394 e. The van der Waals surface area contributed by atoms with Crippen molar-refractivity contribution in [3.05, 3.63) is 17.7 Å². The van der Waals surface area contributed by atoms with Gasteiger partial charge in [-0.2, -0.15) is 0 Å². The van der Waals surface area contributed by atoms with Crippen LogP contribution in [-0.2, 0) is 0 Å². The molecule has 1 aromatic rings. The number of H-pyrrole nitrogens is 1. The van der Waals surface area contributed by atoms with E-state index in [0.717, 1.165) is 0 Å². The monoisotopic (exact) mass is 230 g/mol. The zero-order valence-corrected chi connectivity index (χ0v) is 8.66. The van der Waals surface area contributed by atoms with E-state index in [4.69, 9.17) is 10.2 Å². The average molecular weight is 230 g/mol. The normalized spacial score (nSPS) is 16.8. The number of carbonyl (C=O) groups is 1. The van der Waals surface area contributed by atoms with Gasteiger partial charge in [-0.3, -0.25) is 4.79 Å². The summed E-state index contributed by atoms with van der Waals surface area (Å²) in [6.07, 6.45) is -3.26. The summed E-state index contributed by atoms with van der Waals surface area (Å²) < 4.78 is 0. The molecular formula is C9H14N2O5. The molecule has 3 atom stereocenters. The number of hydrogen-bond donors (Lipinski definition) is 5. The van der Waals surface area contributed by atoms with Gasteiger partial charge >= 0.3 is 0 Å². The highest BCUT2D eigenvalue weighted by Crippen LogP contribution is 2.17. The Morgan fingerprint density at radius 3 is 2.56 bits per heavy atom. The first-order valence-electron chi connectivity index (χ1n) is 4.68. The van der Waals surface area contributed by atoms with Crippen molar-refractivity contribution in [3.8, 4) is 0 Å². The minimum absolute atomic E-state index is 0.0553. The molecule has 0 aliphatic carbocycles. The van der Waals surface area contributed by atoms with Crippen LogP contribution in [0.25, 0.3) is 0 Å². The Kier molecular flexibility index (Phi) is 4.13. The fraction of sp³-hybridized carbons (Fsp3) is 0.556. The summed E-state index contributed by atoms with van der Waals surface area (Å²) in [5.74, 6) is -0.254. The van der Waals surface area contributed by atoms with Crippen molar-refractivity contribution in [1.82, 2.24) is 9.97 Å². The van der Waals surface area contributed by atoms with Gasteiger partial charge in [-0.25, -0.2) is 4.98 Å². The van der Waals surface area contributed by atoms with E-state index in [-0.39, 0.29) is 17.3 Å². The number of aromatic amines is 1. The van der Waals surface area contributed by atoms with Gasteiger partial charge in [-0.05, 0) is 0 Å². The third-order valence-electron chi connectivity index (χ3n) is 2.15. The number of aliphatic hydroxyl groups excluding tert-OH is 4. The number of Topliss-reactive ketones (excluding diaryl/α,β-unsaturated/α-hetero) is 1. The average Bonchev–Trinajstić information content (AvgIpc) is 2.75. The minimum Gasteiger partial charge on any atom is -0.394 e. The van der Waals surface area contributed by atoms with E-state index < -0.39 is 24.9 Å². The smallest absolute Gasteiger partial charge is 0.194 e. The van der Waals surface area contributed by atoms with Gasteiger partial charge in [0.15, 0.2) is 11.6 Å². The van der Waals surface area contributed by atoms with Gasteiger partial charge in [0.25, 0.3) is 0 Å². The quantitative estimate of drug-likeness (QED) is 0.386. The molecule has 1 heterocycles. The van der Waals surface area contributed by atoms with Gasteiger partial charge in [0.2, 0.25) is 0 Å². The Bertz CT molecular complexity index is 365. The van der Waals surface area contributed by atoms with E-state index in [1.54, 1.807) is 0 Å². The summed E-state index contributed by atoms with van der Waals surface area (Å²) in [7, 11) is 0. The lowest BCUT2D eigenvalue weighted by Gasteiger charge is -2.20. The number of hydrogen-bond acceptors (Lipinski definition) is 6. The molecule has 0 amide bonds. The van der Waals surface area contributed by atoms with Gasteiger partial charge in [0.1, 0.15) is 18.3 Å². The van der Waals surface area contributed by atoms with Crippen LogP contribution in [0, 0.1) is 0 Å². The summed E-state index contributed by atoms with van der Waals surface area (Å²) >= 11 is 0. The molecule has 0 unspecified atom stereocenters. The molecular weight excluding hydrogens is 216 g/mol. The van der Waals surface area contributed by atoms with E-state index in [0.29, 0.717) is 0 Å². The lowest BCUT2D eigenvalue weighted by molar-refractivity contribution is -0.0788. The van der Waals surface area contributed by atoms with Crippen LogP contribution in [0.2, 0.25) is 0 Å². The maximum atomic E-state index is 10.9. The van der Waals surface area contributed by atoms with Crippen LogP contribution in [0.4, 0.5) is 0 Å². The van der Waals surface area contributed by atoms with Crippen LogP contribution in [0.1, 0.15) is 29.3 Å². The van der Waals surface area contributed by atoms with Crippen molar-refractivity contribution in [2.24, 2.45) is 0 Å². The maximum Gasteiger partial charge on any atom is 0.194 e. The molecule has 7 heteroatoms. The zero-order valence-electron chi connectivity index (χ0n) is 8.66. The SMILES string of the molecule is CC(=O)c1ncc([C@@H](O)[C@H](O)[C@H](O)CO)[nH]1. The molecule has 0 bridgehead atoms. The lowest BCUT2D eigenvalue weighted by Crippen LogP contribution is -2.34. The fourth-order valence-corrected chi connectivity index (χ4v) is 1.17. The first-order chi connectivity index (χ1) is 7.47. The number of nitrogens with one attached hydrogen (secondary N) is 1. The first kappa shape index (κ1) is 12.8. The maximum absolute atomic E-state index is 10.9. The molecule has 1 aromatic heterocycles. The highest BCUT2D eigenvalue weighted by Gasteiger charge is 2.27. The molecule has 0 aliphatic heterocycles. The van der Waals surface area contributed by atoms with Gasteiger partial charge in [-0.15, -0.1) is 0 Å². The van der Waals surface area contributed by atoms with E-state index in [2.05, 4.69) is 9.97 Å². The summed E-state index contributed by atoms with van der Waals surface area (Å²) in [6.45, 7) is 0.625. The minimum atomic E-state index is -1.55. The topological polar surface area (TPSA) is 127 Å². The molecule has 90 valence electrons. The zero-order chi connectivity index (χ0) is 12.3. The molecule has 0 aliphatic rings. The van der Waals surface area contributed by atoms with Crippen molar-refractivity contribution in [2.75, 3.05) is 6.61 Å². The van der Waals surface area contributed by atoms with Crippen LogP contribution in [0.5, 0.6) is 0 Å². The van der Waals surface area contributed by atoms with Crippen molar-refractivity contribution in [3.63, 3.8) is 0 Å². The fourth-order valence-electron chi connectivity index (χ4n) is 1.17. The predicted molar refractivity (Wildman–Crippen MR) is 52.7 cm³/mol. The Morgan fingerprint density at radius 1 is 1.50 bits per heavy atom. The third kappa shape index (κ3) is 2.64. The molecule has 16 heavy (non-hydrogen) atoms. The van der Waals surface area contributed by atoms with Gasteiger partial charge in [0, 0.05) is 6.92 Å². The van der Waals surface area contributed by atoms with Crippen molar-refractivity contribution in [1.29, 1.82) is 0 Å². The predicted octanol–water partition coefficient (Wildman–Crippen LogP) is -1.64. The van der Waals surface area contributed by atoms with Crippen LogP contribution >= 0.6 is 0 Å². The molecule has 0 saturated heterocycles. The van der Waals surface area contributed by atoms with Crippen LogP contribution in [-0.4, -0.2) is 55.0 Å². The molecule has 0 saturated carbocycles. The molecule has 0 fully saturated rings. The Labute approximate surface area is 91.4 Å². The van der Waals surface area contributed by atoms with Crippen molar-refractivity contribution in [2.45, 2.75) is 25.2 Å². The Hall–Kier alpha value is -1.28. The third-order valence-corrected chi connectivity index (χ3v) is 2.15. The molecule has 1 rings (SSSR count). The van der Waals surface area contributed by atoms with Crippen molar-refractivity contribution >= 4 is 5.78 Å². The second kappa shape index (κ2) is 5.17. The van der Waals surface area contributed by atoms with Gasteiger partial charge in [0.05, 0.1) is 18.5 Å². The molecule has 0 spiro atoms. The van der Waals surface area contributed by atoms with Gasteiger partial charge in [-0.1, -0.05) is 0 Å². The van der Waals surface area contributed by atoms with Crippen LogP contribution in [0.3, 0.4) is 0 Å². The Balaban J connectivity index is 2.79. The number of imidazole rings is 1.